The smallest absolute Gasteiger partial charge is 0.115 e. The van der Waals surface area contributed by atoms with Gasteiger partial charge in [0.15, 0.2) is 0 Å². The summed E-state index contributed by atoms with van der Waals surface area (Å²) in [5.74, 6) is 0.390. The third-order valence-electron chi connectivity index (χ3n) is 6.26. The van der Waals surface area contributed by atoms with Crippen molar-refractivity contribution in [2.24, 2.45) is 0 Å². The first kappa shape index (κ1) is 22.6. The van der Waals surface area contributed by atoms with Crippen molar-refractivity contribution >= 4 is 11.1 Å². The summed E-state index contributed by atoms with van der Waals surface area (Å²) >= 11 is 0. The van der Waals surface area contributed by atoms with Crippen molar-refractivity contribution in [1.82, 2.24) is 5.32 Å². The van der Waals surface area contributed by atoms with Gasteiger partial charge in [-0.15, -0.1) is 0 Å². The second-order valence-electron chi connectivity index (χ2n) is 8.79. The number of phenolic OH excluding ortho intramolecular Hbond substituents is 1. The van der Waals surface area contributed by atoms with Gasteiger partial charge in [0, 0.05) is 0 Å². The van der Waals surface area contributed by atoms with Crippen LogP contribution in [0.4, 0.5) is 0 Å². The molecule has 0 spiro atoms. The van der Waals surface area contributed by atoms with Gasteiger partial charge in [-0.05, 0) is 105 Å². The molecule has 1 aliphatic rings. The minimum atomic E-state index is 0.390. The number of hydrogen-bond donors (Lipinski definition) is 2. The molecule has 2 aromatic rings. The summed E-state index contributed by atoms with van der Waals surface area (Å²) in [6.45, 7) is 6.73. The highest BCUT2D eigenvalue weighted by Gasteiger charge is 2.18. The second-order valence-corrected chi connectivity index (χ2v) is 8.79. The molecule has 30 heavy (non-hydrogen) atoms. The lowest BCUT2D eigenvalue weighted by Crippen LogP contribution is -2.16. The molecule has 2 nitrogen and oxygen atoms in total. The molecule has 0 saturated carbocycles. The highest BCUT2D eigenvalue weighted by molar-refractivity contribution is 5.92. The highest BCUT2D eigenvalue weighted by atomic mass is 16.3. The second kappa shape index (κ2) is 12.0. The monoisotopic (exact) mass is 405 g/mol. The first-order chi connectivity index (χ1) is 14.7. The Morgan fingerprint density at radius 2 is 1.73 bits per heavy atom. The number of fused-ring (bicyclic) bond motifs is 1. The van der Waals surface area contributed by atoms with Crippen LogP contribution in [0.3, 0.4) is 0 Å². The summed E-state index contributed by atoms with van der Waals surface area (Å²) in [6.07, 6.45) is 12.1. The van der Waals surface area contributed by atoms with Crippen molar-refractivity contribution < 1.29 is 5.11 Å². The van der Waals surface area contributed by atoms with Crippen LogP contribution in [0.15, 0.2) is 42.5 Å². The van der Waals surface area contributed by atoms with Crippen LogP contribution in [0.5, 0.6) is 5.75 Å². The molecule has 0 radical (unpaired) electrons. The van der Waals surface area contributed by atoms with Crippen LogP contribution in [-0.4, -0.2) is 18.2 Å². The molecule has 0 amide bonds. The van der Waals surface area contributed by atoms with E-state index < -0.39 is 0 Å². The fourth-order valence-corrected chi connectivity index (χ4v) is 4.64. The topological polar surface area (TPSA) is 32.3 Å². The molecule has 0 fully saturated rings. The van der Waals surface area contributed by atoms with Gasteiger partial charge in [0.05, 0.1) is 0 Å². The van der Waals surface area contributed by atoms with Gasteiger partial charge in [-0.2, -0.15) is 0 Å². The molecule has 1 aliphatic carbocycles. The Kier molecular flexibility index (Phi) is 9.01. The van der Waals surface area contributed by atoms with Gasteiger partial charge >= 0.3 is 0 Å². The Hall–Kier alpha value is -2.06. The van der Waals surface area contributed by atoms with Crippen LogP contribution in [-0.2, 0) is 6.42 Å². The average molecular weight is 406 g/mol. The van der Waals surface area contributed by atoms with Crippen LogP contribution in [0.25, 0.3) is 11.1 Å². The number of allylic oxidation sites excluding steroid dienone is 2. The van der Waals surface area contributed by atoms with E-state index in [2.05, 4.69) is 49.5 Å². The van der Waals surface area contributed by atoms with E-state index in [0.717, 1.165) is 38.8 Å². The van der Waals surface area contributed by atoms with Gasteiger partial charge < -0.3 is 10.4 Å². The first-order valence-corrected chi connectivity index (χ1v) is 12.0. The summed E-state index contributed by atoms with van der Waals surface area (Å²) in [7, 11) is 0. The third kappa shape index (κ3) is 6.47. The molecule has 2 N–H and O–H groups in total. The van der Waals surface area contributed by atoms with Crippen molar-refractivity contribution in [2.75, 3.05) is 13.1 Å². The number of unbranched alkanes of at least 4 members (excludes halogenated alkanes) is 4. The molecule has 0 atom stereocenters. The molecular formula is C28H39NO. The molecule has 0 bridgehead atoms. The lowest BCUT2D eigenvalue weighted by Gasteiger charge is -2.17. The molecule has 0 aromatic heterocycles. The number of nitrogens with one attached hydrogen (secondary N) is 1. The van der Waals surface area contributed by atoms with Gasteiger partial charge in [-0.3, -0.25) is 0 Å². The minimum absolute atomic E-state index is 0.390. The number of aromatic hydroxyl groups is 1. The molecular weight excluding hydrogens is 366 g/mol. The molecule has 2 heteroatoms. The minimum Gasteiger partial charge on any atom is -0.508 e. The Labute approximate surface area is 183 Å². The molecule has 162 valence electrons. The van der Waals surface area contributed by atoms with Crippen LogP contribution in [0.2, 0.25) is 0 Å². The Morgan fingerprint density at radius 1 is 0.900 bits per heavy atom. The zero-order chi connectivity index (χ0) is 21.2. The van der Waals surface area contributed by atoms with E-state index in [0.29, 0.717) is 5.75 Å². The van der Waals surface area contributed by atoms with Crippen LogP contribution in [0, 0.1) is 6.92 Å². The summed E-state index contributed by atoms with van der Waals surface area (Å²) < 4.78 is 0. The fourth-order valence-electron chi connectivity index (χ4n) is 4.64. The summed E-state index contributed by atoms with van der Waals surface area (Å²) in [5.41, 5.74) is 8.39. The van der Waals surface area contributed by atoms with E-state index >= 15 is 0 Å². The van der Waals surface area contributed by atoms with Crippen LogP contribution >= 0.6 is 0 Å². The summed E-state index contributed by atoms with van der Waals surface area (Å²) in [5, 5.41) is 13.6. The van der Waals surface area contributed by atoms with E-state index in [1.54, 1.807) is 0 Å². The number of hydrogen-bond acceptors (Lipinski definition) is 2. The standard InChI is InChI=1S/C28H39NO/c1-3-4-7-18-29-19-8-5-6-14-28-26(23-12-9-11-22(2)20-23)15-10-13-24-21-25(30)16-17-27(24)28/h9,11-12,16-17,20-21,29-30H,3-8,10,13-15,18-19H2,1-2H3. The number of rotatable bonds is 11. The van der Waals surface area contributed by atoms with Crippen molar-refractivity contribution in [2.45, 2.75) is 78.1 Å². The SMILES string of the molecule is CCCCCNCCCCCC1=C(c2cccc(C)c2)CCCc2cc(O)ccc21. The molecule has 0 unspecified atom stereocenters. The lowest BCUT2D eigenvalue weighted by atomic mass is 9.88. The van der Waals surface area contributed by atoms with E-state index in [1.165, 1.54) is 71.9 Å². The molecule has 0 saturated heterocycles. The third-order valence-corrected chi connectivity index (χ3v) is 6.26. The number of aryl methyl sites for hydroxylation is 2. The zero-order valence-corrected chi connectivity index (χ0v) is 19.0. The fraction of sp³-hybridized carbons (Fsp3) is 0.500. The Bertz CT molecular complexity index is 836. The Morgan fingerprint density at radius 3 is 2.53 bits per heavy atom. The molecule has 0 heterocycles. The van der Waals surface area contributed by atoms with E-state index in [-0.39, 0.29) is 0 Å². The van der Waals surface area contributed by atoms with Crippen LogP contribution < -0.4 is 5.32 Å². The summed E-state index contributed by atoms with van der Waals surface area (Å²) in [4.78, 5) is 0. The van der Waals surface area contributed by atoms with E-state index in [1.807, 2.05) is 12.1 Å². The predicted molar refractivity (Wildman–Crippen MR) is 130 cm³/mol. The molecule has 3 rings (SSSR count). The predicted octanol–water partition coefficient (Wildman–Crippen LogP) is 7.29. The van der Waals surface area contributed by atoms with Crippen molar-refractivity contribution in [1.29, 1.82) is 0 Å². The van der Waals surface area contributed by atoms with Gasteiger partial charge in [-0.25, -0.2) is 0 Å². The molecule has 2 aromatic carbocycles. The van der Waals surface area contributed by atoms with E-state index in [4.69, 9.17) is 0 Å². The maximum atomic E-state index is 10.0. The number of benzene rings is 2. The average Bonchev–Trinajstić information content (AvgIpc) is 2.91. The summed E-state index contributed by atoms with van der Waals surface area (Å²) in [6, 6.07) is 15.0. The molecule has 0 aliphatic heterocycles. The highest BCUT2D eigenvalue weighted by Crippen LogP contribution is 2.39. The largest absolute Gasteiger partial charge is 0.508 e. The van der Waals surface area contributed by atoms with Gasteiger partial charge in [-0.1, -0.05) is 62.1 Å². The van der Waals surface area contributed by atoms with Gasteiger partial charge in [0.25, 0.3) is 0 Å². The lowest BCUT2D eigenvalue weighted by molar-refractivity contribution is 0.474. The first-order valence-electron chi connectivity index (χ1n) is 12.0. The maximum absolute atomic E-state index is 10.0. The van der Waals surface area contributed by atoms with Crippen molar-refractivity contribution in [3.05, 3.63) is 64.7 Å². The van der Waals surface area contributed by atoms with Crippen molar-refractivity contribution in [3.8, 4) is 5.75 Å². The van der Waals surface area contributed by atoms with Gasteiger partial charge in [0.2, 0.25) is 0 Å². The van der Waals surface area contributed by atoms with Crippen molar-refractivity contribution in [3.63, 3.8) is 0 Å². The van der Waals surface area contributed by atoms with Gasteiger partial charge in [0.1, 0.15) is 5.75 Å². The number of phenols is 1. The maximum Gasteiger partial charge on any atom is 0.115 e. The Balaban J connectivity index is 1.71. The normalized spacial score (nSPS) is 13.9. The quantitative estimate of drug-likeness (QED) is 0.385. The zero-order valence-electron chi connectivity index (χ0n) is 19.0. The van der Waals surface area contributed by atoms with Crippen LogP contribution in [0.1, 0.15) is 87.0 Å². The van der Waals surface area contributed by atoms with E-state index in [9.17, 15) is 5.11 Å².